The molecule has 2 heterocycles. The van der Waals surface area contributed by atoms with Crippen molar-refractivity contribution < 1.29 is 13.2 Å². The Morgan fingerprint density at radius 2 is 2.09 bits per heavy atom. The van der Waals surface area contributed by atoms with Crippen molar-refractivity contribution in [1.82, 2.24) is 20.7 Å². The molecule has 4 rings (SSSR count). The Morgan fingerprint density at radius 1 is 1.32 bits per heavy atom. The minimum Gasteiger partial charge on any atom is -0.392 e. The van der Waals surface area contributed by atoms with Crippen LogP contribution in [-0.2, 0) is 6.42 Å². The first-order valence-corrected chi connectivity index (χ1v) is 11.9. The van der Waals surface area contributed by atoms with Crippen LogP contribution in [0, 0.1) is 17.2 Å². The summed E-state index contributed by atoms with van der Waals surface area (Å²) in [5.41, 5.74) is 9.12. The third-order valence-electron chi connectivity index (χ3n) is 6.70. The molecule has 6 nitrogen and oxygen atoms in total. The van der Waals surface area contributed by atoms with Gasteiger partial charge in [0.05, 0.1) is 11.3 Å². The van der Waals surface area contributed by atoms with Gasteiger partial charge in [0, 0.05) is 42.8 Å². The van der Waals surface area contributed by atoms with Gasteiger partial charge in [-0.05, 0) is 63.0 Å². The molecule has 3 aliphatic rings. The van der Waals surface area contributed by atoms with Crippen molar-refractivity contribution in [3.05, 3.63) is 57.8 Å². The molecule has 2 fully saturated rings. The van der Waals surface area contributed by atoms with E-state index in [1.54, 1.807) is 19.3 Å². The Labute approximate surface area is 197 Å². The average molecular weight is 473 g/mol. The Morgan fingerprint density at radius 3 is 2.68 bits per heavy atom. The maximum atomic E-state index is 12.8. The van der Waals surface area contributed by atoms with E-state index >= 15 is 0 Å². The van der Waals surface area contributed by atoms with Crippen LogP contribution >= 0.6 is 0 Å². The number of allylic oxidation sites excluding steroid dienone is 3. The molecule has 182 valence electrons. The van der Waals surface area contributed by atoms with E-state index in [0.717, 1.165) is 49.0 Å². The fourth-order valence-electron chi connectivity index (χ4n) is 4.33. The van der Waals surface area contributed by atoms with Gasteiger partial charge in [-0.3, -0.25) is 0 Å². The summed E-state index contributed by atoms with van der Waals surface area (Å²) < 4.78 is 40.7. The molecule has 0 radical (unpaired) electrons. The van der Waals surface area contributed by atoms with Gasteiger partial charge in [-0.2, -0.15) is 18.4 Å². The molecular formula is C25H31F3N6. The molecule has 1 aromatic rings. The van der Waals surface area contributed by atoms with Gasteiger partial charge in [-0.25, -0.2) is 10.4 Å². The maximum Gasteiger partial charge on any atom is 0.405 e. The number of halogens is 3. The first-order chi connectivity index (χ1) is 16.3. The Kier molecular flexibility index (Phi) is 7.17. The number of alkyl halides is 3. The van der Waals surface area contributed by atoms with Crippen molar-refractivity contribution in [1.29, 1.82) is 5.26 Å². The molecule has 2 aliphatic carbocycles. The summed E-state index contributed by atoms with van der Waals surface area (Å²) in [5, 5.41) is 13.8. The van der Waals surface area contributed by atoms with Crippen LogP contribution in [0.3, 0.4) is 0 Å². The molecule has 0 amide bonds. The monoisotopic (exact) mass is 472 g/mol. The molecule has 0 saturated heterocycles. The zero-order chi connectivity index (χ0) is 24.3. The largest absolute Gasteiger partial charge is 0.405 e. The lowest BCUT2D eigenvalue weighted by Gasteiger charge is -2.29. The summed E-state index contributed by atoms with van der Waals surface area (Å²) in [6, 6.07) is 1.03. The third kappa shape index (κ3) is 5.22. The number of aromatic nitrogens is 1. The molecule has 1 aromatic heterocycles. The lowest BCUT2D eigenvalue weighted by Crippen LogP contribution is -2.46. The number of nitrogens with zero attached hydrogens (tertiary/aromatic N) is 3. The van der Waals surface area contributed by atoms with Gasteiger partial charge in [0.25, 0.3) is 0 Å². The summed E-state index contributed by atoms with van der Waals surface area (Å²) in [6.45, 7) is 1.05. The van der Waals surface area contributed by atoms with Gasteiger partial charge in [-0.15, -0.1) is 0 Å². The van der Waals surface area contributed by atoms with Crippen molar-refractivity contribution in [2.24, 2.45) is 10.9 Å². The molecule has 2 saturated carbocycles. The summed E-state index contributed by atoms with van der Waals surface area (Å²) >= 11 is 0. The van der Waals surface area contributed by atoms with E-state index in [1.165, 1.54) is 18.4 Å². The normalized spacial score (nSPS) is 19.8. The first-order valence-electron chi connectivity index (χ1n) is 11.9. The second-order valence-electron chi connectivity index (χ2n) is 9.17. The molecule has 3 N–H and O–H groups in total. The van der Waals surface area contributed by atoms with Crippen LogP contribution in [0.5, 0.6) is 0 Å². The lowest BCUT2D eigenvalue weighted by atomic mass is 9.92. The number of nitrogens with one attached hydrogen (secondary N) is 3. The highest BCUT2D eigenvalue weighted by Crippen LogP contribution is 2.38. The Balaban J connectivity index is 1.61. The molecular weight excluding hydrogens is 441 g/mol. The minimum atomic E-state index is -4.35. The maximum absolute atomic E-state index is 12.8. The van der Waals surface area contributed by atoms with Gasteiger partial charge in [0.1, 0.15) is 17.6 Å². The van der Waals surface area contributed by atoms with E-state index in [4.69, 9.17) is 4.99 Å². The van der Waals surface area contributed by atoms with Crippen LogP contribution in [-0.4, -0.2) is 23.8 Å². The smallest absolute Gasteiger partial charge is 0.392 e. The highest BCUT2D eigenvalue weighted by molar-refractivity contribution is 5.46. The van der Waals surface area contributed by atoms with E-state index < -0.39 is 12.2 Å². The van der Waals surface area contributed by atoms with Crippen LogP contribution in [0.15, 0.2) is 40.8 Å². The standard InChI is InChI=1S/C25H31F3N6/c1-16(25(26,27)28)32-33-19(15-30-2)5-3-8-23-22(13-29)21-12-11-18(17-9-10-17)14-31-24(21)34(23)20-6-4-7-20/h3,5,12,14-17,20,30,32-33H,4,6-11H2,1-2H3/b5-3-,19-15+/t16-/m0/s1. The second-order valence-corrected chi connectivity index (χ2v) is 9.17. The van der Waals surface area contributed by atoms with Crippen molar-refractivity contribution in [2.45, 2.75) is 70.1 Å². The zero-order valence-corrected chi connectivity index (χ0v) is 19.5. The van der Waals surface area contributed by atoms with Crippen LogP contribution in [0.1, 0.15) is 62.7 Å². The summed E-state index contributed by atoms with van der Waals surface area (Å²) in [6.07, 6.45) is 12.0. The molecule has 1 aliphatic heterocycles. The van der Waals surface area contributed by atoms with Crippen LogP contribution in [0.25, 0.3) is 6.08 Å². The second kappa shape index (κ2) is 10.1. The number of hydrazine groups is 1. The van der Waals surface area contributed by atoms with Gasteiger partial charge in [0.2, 0.25) is 0 Å². The zero-order valence-electron chi connectivity index (χ0n) is 19.5. The third-order valence-corrected chi connectivity index (χ3v) is 6.70. The van der Waals surface area contributed by atoms with Gasteiger partial charge < -0.3 is 15.3 Å². The van der Waals surface area contributed by atoms with E-state index in [9.17, 15) is 18.4 Å². The summed E-state index contributed by atoms with van der Waals surface area (Å²) in [5.74, 6) is 0.632. The number of hydrogen-bond acceptors (Lipinski definition) is 5. The lowest BCUT2D eigenvalue weighted by molar-refractivity contribution is -0.153. The van der Waals surface area contributed by atoms with Crippen molar-refractivity contribution in [2.75, 3.05) is 7.05 Å². The predicted molar refractivity (Wildman–Crippen MR) is 124 cm³/mol. The summed E-state index contributed by atoms with van der Waals surface area (Å²) in [4.78, 5) is 4.85. The van der Waals surface area contributed by atoms with Crippen LogP contribution < -0.4 is 26.9 Å². The molecule has 9 heteroatoms. The van der Waals surface area contributed by atoms with Crippen LogP contribution in [0.4, 0.5) is 13.2 Å². The first kappa shape index (κ1) is 24.1. The fraction of sp³-hybridized carbons (Fsp3) is 0.520. The minimum absolute atomic E-state index is 0.326. The number of hydrogen-bond donors (Lipinski definition) is 3. The molecule has 1 atom stereocenters. The van der Waals surface area contributed by atoms with E-state index in [2.05, 4.69) is 32.9 Å². The van der Waals surface area contributed by atoms with Crippen LogP contribution in [0.2, 0.25) is 0 Å². The molecule has 0 unspecified atom stereocenters. The van der Waals surface area contributed by atoms with Gasteiger partial charge >= 0.3 is 6.18 Å². The number of nitriles is 1. The van der Waals surface area contributed by atoms with Gasteiger partial charge in [-0.1, -0.05) is 12.2 Å². The van der Waals surface area contributed by atoms with Gasteiger partial charge in [0.15, 0.2) is 0 Å². The molecule has 0 bridgehead atoms. The molecule has 0 spiro atoms. The SMILES string of the molecule is CN/C=C(\C=C/Cc1c(C#N)c2c(n1C1CCC1)=NC=C(C1CC1)CC=2)NN[C@@H](C)C(F)(F)F. The van der Waals surface area contributed by atoms with E-state index in [0.29, 0.717) is 29.6 Å². The molecule has 0 aromatic carbocycles. The number of rotatable bonds is 9. The average Bonchev–Trinajstić information content (AvgIpc) is 3.57. The van der Waals surface area contributed by atoms with Crippen molar-refractivity contribution in [3.63, 3.8) is 0 Å². The van der Waals surface area contributed by atoms with Crippen molar-refractivity contribution >= 4 is 6.08 Å². The van der Waals surface area contributed by atoms with E-state index in [1.807, 2.05) is 12.3 Å². The molecule has 34 heavy (non-hydrogen) atoms. The highest BCUT2D eigenvalue weighted by atomic mass is 19.4. The topological polar surface area (TPSA) is 77.2 Å². The Hall–Kier alpha value is -2.99. The Bertz CT molecular complexity index is 1160. The fourth-order valence-corrected chi connectivity index (χ4v) is 4.33. The number of fused-ring (bicyclic) bond motifs is 1. The quantitative estimate of drug-likeness (QED) is 0.380. The van der Waals surface area contributed by atoms with Crippen molar-refractivity contribution in [3.8, 4) is 6.07 Å². The highest BCUT2D eigenvalue weighted by Gasteiger charge is 2.35. The van der Waals surface area contributed by atoms with E-state index in [-0.39, 0.29) is 0 Å². The predicted octanol–water partition coefficient (Wildman–Crippen LogP) is 3.39. The summed E-state index contributed by atoms with van der Waals surface area (Å²) in [7, 11) is 1.68.